The minimum atomic E-state index is -0.985. The van der Waals surface area contributed by atoms with E-state index >= 15 is 0 Å². The summed E-state index contributed by atoms with van der Waals surface area (Å²) in [6, 6.07) is 9.01. The first-order valence-corrected chi connectivity index (χ1v) is 12.1. The standard InChI is InChI=1S/C29H34O3/c1-5-13-29(31)14-12-25-27-26(23-11-10-22(30)15-21(23)17-32-27)24(16-28(25,29)4)20-8-6-19(7-9-20)18(2)3/h6-9,15,18,24-25,27,31H,10-12,14,16-17H2,1-4H3/t24?,25-,27-,28-,29-/m0/s1. The molecule has 0 amide bonds. The summed E-state index contributed by atoms with van der Waals surface area (Å²) in [6.07, 6.45) is 5.64. The van der Waals surface area contributed by atoms with E-state index in [2.05, 4.69) is 56.9 Å². The van der Waals surface area contributed by atoms with Gasteiger partial charge in [-0.15, -0.1) is 5.92 Å². The molecule has 1 heterocycles. The molecule has 1 unspecified atom stereocenters. The van der Waals surface area contributed by atoms with Gasteiger partial charge in [0.1, 0.15) is 5.60 Å². The zero-order valence-electron chi connectivity index (χ0n) is 19.7. The van der Waals surface area contributed by atoms with Crippen molar-refractivity contribution >= 4 is 5.78 Å². The van der Waals surface area contributed by atoms with Gasteiger partial charge in [-0.1, -0.05) is 51.0 Å². The van der Waals surface area contributed by atoms with Crippen molar-refractivity contribution in [2.45, 2.75) is 83.3 Å². The van der Waals surface area contributed by atoms with Crippen molar-refractivity contribution in [3.63, 3.8) is 0 Å². The maximum atomic E-state index is 12.1. The number of fused-ring (bicyclic) bond motifs is 4. The summed E-state index contributed by atoms with van der Waals surface area (Å²) in [6.45, 7) is 8.98. The van der Waals surface area contributed by atoms with E-state index in [1.807, 2.05) is 13.0 Å². The van der Waals surface area contributed by atoms with Gasteiger partial charge in [0.2, 0.25) is 0 Å². The highest BCUT2D eigenvalue weighted by Crippen LogP contribution is 2.64. The van der Waals surface area contributed by atoms with Crippen molar-refractivity contribution in [3.05, 3.63) is 58.2 Å². The van der Waals surface area contributed by atoms with Gasteiger partial charge < -0.3 is 9.84 Å². The highest BCUT2D eigenvalue weighted by molar-refractivity contribution is 5.93. The number of hydrogen-bond donors (Lipinski definition) is 1. The molecule has 0 aromatic heterocycles. The Kier molecular flexibility index (Phi) is 5.23. The molecule has 2 saturated carbocycles. The van der Waals surface area contributed by atoms with E-state index in [0.717, 1.165) is 24.8 Å². The van der Waals surface area contributed by atoms with Gasteiger partial charge in [0.25, 0.3) is 0 Å². The van der Waals surface area contributed by atoms with E-state index in [1.54, 1.807) is 0 Å². The van der Waals surface area contributed by atoms with Gasteiger partial charge in [-0.25, -0.2) is 0 Å². The van der Waals surface area contributed by atoms with E-state index in [4.69, 9.17) is 4.74 Å². The molecule has 1 N–H and O–H groups in total. The fraction of sp³-hybridized carbons (Fsp3) is 0.552. The van der Waals surface area contributed by atoms with Crippen molar-refractivity contribution in [3.8, 4) is 11.8 Å². The number of allylic oxidation sites excluding steroid dienone is 1. The summed E-state index contributed by atoms with van der Waals surface area (Å²) < 4.78 is 6.53. The molecule has 5 rings (SSSR count). The van der Waals surface area contributed by atoms with Crippen LogP contribution in [-0.2, 0) is 9.53 Å². The number of carbonyl (C=O) groups is 1. The van der Waals surface area contributed by atoms with E-state index in [9.17, 15) is 9.90 Å². The molecule has 4 aliphatic rings. The van der Waals surface area contributed by atoms with Crippen LogP contribution in [0.15, 0.2) is 47.1 Å². The lowest BCUT2D eigenvalue weighted by atomic mass is 9.55. The monoisotopic (exact) mass is 430 g/mol. The van der Waals surface area contributed by atoms with Gasteiger partial charge >= 0.3 is 0 Å². The first-order chi connectivity index (χ1) is 15.3. The quantitative estimate of drug-likeness (QED) is 0.635. The summed E-state index contributed by atoms with van der Waals surface area (Å²) in [5.41, 5.74) is 5.07. The van der Waals surface area contributed by atoms with E-state index in [1.165, 1.54) is 22.3 Å². The summed E-state index contributed by atoms with van der Waals surface area (Å²) >= 11 is 0. The van der Waals surface area contributed by atoms with Gasteiger partial charge in [-0.05, 0) is 78.4 Å². The molecule has 3 aliphatic carbocycles. The SMILES string of the molecule is CC#C[C@]1(O)CC[C@H]2[C@@H]3OCC4=CC(=O)CCC4=C3C(c3ccc(C(C)C)cc3)C[C@@]21C. The molecular weight excluding hydrogens is 396 g/mol. The number of benzene rings is 1. The third kappa shape index (κ3) is 3.15. The molecule has 3 nitrogen and oxygen atoms in total. The number of aliphatic hydroxyl groups is 1. The average molecular weight is 431 g/mol. The number of ketones is 1. The fourth-order valence-corrected chi connectivity index (χ4v) is 6.84. The van der Waals surface area contributed by atoms with Crippen LogP contribution in [0, 0.1) is 23.2 Å². The zero-order chi connectivity index (χ0) is 22.7. The lowest BCUT2D eigenvalue weighted by Crippen LogP contribution is -2.53. The van der Waals surface area contributed by atoms with Crippen molar-refractivity contribution in [2.24, 2.45) is 11.3 Å². The second kappa shape index (κ2) is 7.72. The predicted molar refractivity (Wildman–Crippen MR) is 126 cm³/mol. The Morgan fingerprint density at radius 3 is 2.62 bits per heavy atom. The van der Waals surface area contributed by atoms with Crippen LogP contribution in [0.3, 0.4) is 0 Å². The zero-order valence-corrected chi connectivity index (χ0v) is 19.7. The summed E-state index contributed by atoms with van der Waals surface area (Å²) in [4.78, 5) is 12.1. The second-order valence-corrected chi connectivity index (χ2v) is 10.7. The maximum absolute atomic E-state index is 12.1. The first-order valence-electron chi connectivity index (χ1n) is 12.1. The molecule has 5 atom stereocenters. The van der Waals surface area contributed by atoms with Crippen molar-refractivity contribution in [1.82, 2.24) is 0 Å². The Morgan fingerprint density at radius 2 is 1.94 bits per heavy atom. The number of ether oxygens (including phenoxy) is 1. The third-order valence-corrected chi connectivity index (χ3v) is 8.70. The molecule has 0 bridgehead atoms. The normalized spacial score (nSPS) is 36.1. The van der Waals surface area contributed by atoms with Crippen LogP contribution in [0.25, 0.3) is 0 Å². The molecule has 1 aliphatic heterocycles. The van der Waals surface area contributed by atoms with Gasteiger partial charge in [-0.2, -0.15) is 0 Å². The van der Waals surface area contributed by atoms with Crippen LogP contribution in [0.4, 0.5) is 0 Å². The number of rotatable bonds is 2. The maximum Gasteiger partial charge on any atom is 0.156 e. The Labute approximate surface area is 191 Å². The van der Waals surface area contributed by atoms with E-state index < -0.39 is 5.60 Å². The molecule has 32 heavy (non-hydrogen) atoms. The molecule has 168 valence electrons. The van der Waals surface area contributed by atoms with Gasteiger partial charge in [0.15, 0.2) is 5.78 Å². The molecule has 3 heteroatoms. The Bertz CT molecular complexity index is 1060. The second-order valence-electron chi connectivity index (χ2n) is 10.7. The smallest absolute Gasteiger partial charge is 0.156 e. The first kappa shape index (κ1) is 21.7. The molecule has 0 radical (unpaired) electrons. The van der Waals surface area contributed by atoms with E-state index in [-0.39, 0.29) is 29.1 Å². The highest BCUT2D eigenvalue weighted by atomic mass is 16.5. The Balaban J connectivity index is 1.67. The third-order valence-electron chi connectivity index (χ3n) is 8.70. The predicted octanol–water partition coefficient (Wildman–Crippen LogP) is 5.45. The van der Waals surface area contributed by atoms with Crippen molar-refractivity contribution in [2.75, 3.05) is 6.61 Å². The summed E-state index contributed by atoms with van der Waals surface area (Å²) in [5.74, 6) is 7.30. The van der Waals surface area contributed by atoms with Crippen LogP contribution < -0.4 is 0 Å². The largest absolute Gasteiger partial charge is 0.377 e. The van der Waals surface area contributed by atoms with Crippen LogP contribution in [0.5, 0.6) is 0 Å². The van der Waals surface area contributed by atoms with Gasteiger partial charge in [0.05, 0.1) is 12.7 Å². The molecule has 0 saturated heterocycles. The van der Waals surface area contributed by atoms with Crippen molar-refractivity contribution < 1.29 is 14.6 Å². The lowest BCUT2D eigenvalue weighted by Gasteiger charge is -2.53. The number of carbonyl (C=O) groups excluding carboxylic acids is 1. The van der Waals surface area contributed by atoms with Crippen LogP contribution >= 0.6 is 0 Å². The molecule has 2 fully saturated rings. The molecule has 1 aromatic carbocycles. The minimum Gasteiger partial charge on any atom is -0.377 e. The van der Waals surface area contributed by atoms with Gasteiger partial charge in [0, 0.05) is 17.8 Å². The summed E-state index contributed by atoms with van der Waals surface area (Å²) in [7, 11) is 0. The Hall–Kier alpha value is -2.15. The average Bonchev–Trinajstić information content (AvgIpc) is 3.03. The topological polar surface area (TPSA) is 46.5 Å². The molecular formula is C29H34O3. The molecule has 1 aromatic rings. The number of hydrogen-bond acceptors (Lipinski definition) is 3. The fourth-order valence-electron chi connectivity index (χ4n) is 6.84. The molecule has 0 spiro atoms. The highest BCUT2D eigenvalue weighted by Gasteiger charge is 2.63. The summed E-state index contributed by atoms with van der Waals surface area (Å²) in [5, 5.41) is 11.7. The van der Waals surface area contributed by atoms with Crippen LogP contribution in [0.1, 0.15) is 82.8 Å². The Morgan fingerprint density at radius 1 is 1.19 bits per heavy atom. The van der Waals surface area contributed by atoms with Gasteiger partial charge in [-0.3, -0.25) is 4.79 Å². The van der Waals surface area contributed by atoms with E-state index in [0.29, 0.717) is 25.4 Å². The minimum absolute atomic E-state index is 0.0171. The van der Waals surface area contributed by atoms with Crippen LogP contribution in [-0.4, -0.2) is 29.2 Å². The lowest BCUT2D eigenvalue weighted by molar-refractivity contribution is -0.115. The van der Waals surface area contributed by atoms with Crippen molar-refractivity contribution in [1.29, 1.82) is 0 Å². The van der Waals surface area contributed by atoms with Crippen LogP contribution in [0.2, 0.25) is 0 Å².